The van der Waals surface area contributed by atoms with Gasteiger partial charge in [0.05, 0.1) is 19.8 Å². The third kappa shape index (κ3) is 6.54. The number of aliphatic hydroxyl groups excluding tert-OH is 1. The van der Waals surface area contributed by atoms with Gasteiger partial charge in [-0.15, -0.1) is 0 Å². The maximum atomic E-state index is 11.1. The van der Waals surface area contributed by atoms with Gasteiger partial charge in [0.2, 0.25) is 0 Å². The first-order valence-corrected chi connectivity index (χ1v) is 5.48. The maximum absolute atomic E-state index is 11.1. The van der Waals surface area contributed by atoms with E-state index in [0.717, 1.165) is 0 Å². The lowest BCUT2D eigenvalue weighted by atomic mass is 10.4. The number of carbonyl (C=O) groups is 1. The molecule has 7 heteroatoms. The quantitative estimate of drug-likeness (QED) is 0.449. The highest BCUT2D eigenvalue weighted by atomic mass is 16.8. The summed E-state index contributed by atoms with van der Waals surface area (Å²) in [5.41, 5.74) is 0. The highest BCUT2D eigenvalue weighted by Crippen LogP contribution is 2.08. The van der Waals surface area contributed by atoms with E-state index in [1.165, 1.54) is 0 Å². The topological polar surface area (TPSA) is 83.5 Å². The minimum absolute atomic E-state index is 0.151. The molecule has 2 atom stereocenters. The van der Waals surface area contributed by atoms with Crippen LogP contribution >= 0.6 is 0 Å². The number of hydrogen-bond acceptors (Lipinski definition) is 7. The summed E-state index contributed by atoms with van der Waals surface area (Å²) >= 11 is 0. The molecule has 0 spiro atoms. The zero-order chi connectivity index (χ0) is 12.5. The van der Waals surface area contributed by atoms with Crippen molar-refractivity contribution in [3.05, 3.63) is 0 Å². The summed E-state index contributed by atoms with van der Waals surface area (Å²) in [6.45, 7) is 2.14. The second kappa shape index (κ2) is 8.37. The molecule has 2 unspecified atom stereocenters. The smallest absolute Gasteiger partial charge is 0.332 e. The Morgan fingerprint density at radius 1 is 1.41 bits per heavy atom. The van der Waals surface area contributed by atoms with Gasteiger partial charge < -0.3 is 28.8 Å². The molecule has 0 aromatic carbocycles. The standard InChI is InChI=1S/C10H18O7/c1-2-13-3-4-15-9(11)7-14-5-8-6-16-10(12)17-8/h8,10,12H,2-7H2,1H3. The molecule has 7 nitrogen and oxygen atoms in total. The van der Waals surface area contributed by atoms with E-state index in [2.05, 4.69) is 0 Å². The minimum atomic E-state index is -1.19. The Morgan fingerprint density at radius 3 is 2.88 bits per heavy atom. The van der Waals surface area contributed by atoms with Gasteiger partial charge in [0.15, 0.2) is 0 Å². The Balaban J connectivity index is 1.93. The first-order chi connectivity index (χ1) is 8.22. The molecule has 1 aliphatic rings. The first kappa shape index (κ1) is 14.3. The van der Waals surface area contributed by atoms with E-state index in [4.69, 9.17) is 28.8 Å². The molecule has 1 heterocycles. The Bertz CT molecular complexity index is 221. The third-order valence-corrected chi connectivity index (χ3v) is 1.95. The Hall–Kier alpha value is -0.730. The number of rotatable bonds is 8. The number of ether oxygens (including phenoxy) is 5. The molecule has 1 rings (SSSR count). The molecule has 0 radical (unpaired) electrons. The van der Waals surface area contributed by atoms with Crippen molar-refractivity contribution in [3.63, 3.8) is 0 Å². The highest BCUT2D eigenvalue weighted by molar-refractivity contribution is 5.70. The van der Waals surface area contributed by atoms with E-state index in [1.54, 1.807) is 0 Å². The molecular weight excluding hydrogens is 232 g/mol. The van der Waals surface area contributed by atoms with Crippen LogP contribution in [-0.2, 0) is 28.5 Å². The second-order valence-corrected chi connectivity index (χ2v) is 3.33. The van der Waals surface area contributed by atoms with E-state index in [9.17, 15) is 4.79 Å². The van der Waals surface area contributed by atoms with Gasteiger partial charge in [0.25, 0.3) is 6.48 Å². The molecule has 1 N–H and O–H groups in total. The fourth-order valence-corrected chi connectivity index (χ4v) is 1.19. The summed E-state index contributed by atoms with van der Waals surface area (Å²) < 4.78 is 24.5. The second-order valence-electron chi connectivity index (χ2n) is 3.33. The van der Waals surface area contributed by atoms with Gasteiger partial charge in [-0.3, -0.25) is 0 Å². The lowest BCUT2D eigenvalue weighted by Gasteiger charge is -2.09. The molecule has 1 saturated heterocycles. The van der Waals surface area contributed by atoms with E-state index in [0.29, 0.717) is 13.2 Å². The third-order valence-electron chi connectivity index (χ3n) is 1.95. The minimum Gasteiger partial charge on any atom is -0.462 e. The SMILES string of the molecule is CCOCCOC(=O)COCC1COC(O)O1. The molecule has 0 aromatic heterocycles. The maximum Gasteiger partial charge on any atom is 0.332 e. The van der Waals surface area contributed by atoms with E-state index < -0.39 is 12.4 Å². The number of hydrogen-bond donors (Lipinski definition) is 1. The fourth-order valence-electron chi connectivity index (χ4n) is 1.19. The van der Waals surface area contributed by atoms with Crippen molar-refractivity contribution in [2.24, 2.45) is 0 Å². The van der Waals surface area contributed by atoms with Crippen LogP contribution in [-0.4, -0.2) is 63.3 Å². The molecule has 0 bridgehead atoms. The van der Waals surface area contributed by atoms with Crippen LogP contribution in [0.1, 0.15) is 6.92 Å². The van der Waals surface area contributed by atoms with E-state index in [-0.39, 0.29) is 32.5 Å². The van der Waals surface area contributed by atoms with Crippen LogP contribution < -0.4 is 0 Å². The van der Waals surface area contributed by atoms with Crippen molar-refractivity contribution in [2.75, 3.05) is 39.6 Å². The van der Waals surface area contributed by atoms with Crippen molar-refractivity contribution in [1.82, 2.24) is 0 Å². The zero-order valence-corrected chi connectivity index (χ0v) is 9.79. The normalized spacial score (nSPS) is 23.9. The molecule has 0 amide bonds. The lowest BCUT2D eigenvalue weighted by Crippen LogP contribution is -2.23. The van der Waals surface area contributed by atoms with Crippen molar-refractivity contribution in [2.45, 2.75) is 19.5 Å². The number of aliphatic hydroxyl groups is 1. The molecule has 0 aromatic rings. The summed E-state index contributed by atoms with van der Waals surface area (Å²) in [6.07, 6.45) is -0.346. The van der Waals surface area contributed by atoms with Crippen LogP contribution in [0.15, 0.2) is 0 Å². The van der Waals surface area contributed by atoms with Crippen molar-refractivity contribution >= 4 is 5.97 Å². The Kier molecular flexibility index (Phi) is 7.06. The molecule has 1 aliphatic heterocycles. The van der Waals surface area contributed by atoms with Crippen LogP contribution in [0, 0.1) is 0 Å². The van der Waals surface area contributed by atoms with Gasteiger partial charge in [-0.25, -0.2) is 4.79 Å². The average molecular weight is 250 g/mol. The van der Waals surface area contributed by atoms with Crippen LogP contribution in [0.2, 0.25) is 0 Å². The summed E-state index contributed by atoms with van der Waals surface area (Å²) in [6, 6.07) is 0. The summed E-state index contributed by atoms with van der Waals surface area (Å²) in [5.74, 6) is -0.454. The Morgan fingerprint density at radius 2 is 2.24 bits per heavy atom. The predicted molar refractivity (Wildman–Crippen MR) is 55.1 cm³/mol. The zero-order valence-electron chi connectivity index (χ0n) is 9.79. The predicted octanol–water partition coefficient (Wildman–Crippen LogP) is -0.726. The van der Waals surface area contributed by atoms with E-state index in [1.807, 2.05) is 6.92 Å². The number of esters is 1. The van der Waals surface area contributed by atoms with Gasteiger partial charge >= 0.3 is 5.97 Å². The van der Waals surface area contributed by atoms with Crippen LogP contribution in [0.25, 0.3) is 0 Å². The fraction of sp³-hybridized carbons (Fsp3) is 0.900. The van der Waals surface area contributed by atoms with Gasteiger partial charge in [0.1, 0.15) is 19.3 Å². The van der Waals surface area contributed by atoms with Crippen molar-refractivity contribution in [3.8, 4) is 0 Å². The largest absolute Gasteiger partial charge is 0.462 e. The molecule has 17 heavy (non-hydrogen) atoms. The van der Waals surface area contributed by atoms with E-state index >= 15 is 0 Å². The van der Waals surface area contributed by atoms with Crippen molar-refractivity contribution < 1.29 is 33.6 Å². The van der Waals surface area contributed by atoms with Gasteiger partial charge in [-0.05, 0) is 6.92 Å². The Labute approximate surface area is 99.5 Å². The highest BCUT2D eigenvalue weighted by Gasteiger charge is 2.24. The molecular formula is C10H18O7. The summed E-state index contributed by atoms with van der Waals surface area (Å²) in [7, 11) is 0. The van der Waals surface area contributed by atoms with Crippen LogP contribution in [0.3, 0.4) is 0 Å². The van der Waals surface area contributed by atoms with Crippen LogP contribution in [0.5, 0.6) is 0 Å². The van der Waals surface area contributed by atoms with Crippen molar-refractivity contribution in [1.29, 1.82) is 0 Å². The first-order valence-electron chi connectivity index (χ1n) is 5.48. The van der Waals surface area contributed by atoms with Gasteiger partial charge in [-0.2, -0.15) is 0 Å². The molecule has 0 saturated carbocycles. The monoisotopic (exact) mass is 250 g/mol. The van der Waals surface area contributed by atoms with Gasteiger partial charge in [-0.1, -0.05) is 0 Å². The number of carbonyl (C=O) groups excluding carboxylic acids is 1. The summed E-state index contributed by atoms with van der Waals surface area (Å²) in [5, 5.41) is 8.87. The average Bonchev–Trinajstić information content (AvgIpc) is 2.71. The molecule has 1 fully saturated rings. The molecule has 0 aliphatic carbocycles. The molecule has 100 valence electrons. The lowest BCUT2D eigenvalue weighted by molar-refractivity contribution is -0.207. The van der Waals surface area contributed by atoms with Gasteiger partial charge in [0, 0.05) is 6.61 Å². The van der Waals surface area contributed by atoms with Crippen LogP contribution in [0.4, 0.5) is 0 Å². The summed E-state index contributed by atoms with van der Waals surface area (Å²) in [4.78, 5) is 11.1.